The molecule has 1 aromatic heterocycles. The second-order valence-corrected chi connectivity index (χ2v) is 7.02. The van der Waals surface area contributed by atoms with E-state index in [0.29, 0.717) is 23.3 Å². The smallest absolute Gasteiger partial charge is 0.225 e. The fraction of sp³-hybridized carbons (Fsp3) is 0.529. The Morgan fingerprint density at radius 2 is 2.00 bits per heavy atom. The number of ether oxygens (including phenoxy) is 2. The van der Waals surface area contributed by atoms with Crippen LogP contribution < -0.4 is 20.5 Å². The Morgan fingerprint density at radius 1 is 1.20 bits per heavy atom. The van der Waals surface area contributed by atoms with Crippen LogP contribution in [0.5, 0.6) is 11.5 Å². The van der Waals surface area contributed by atoms with Gasteiger partial charge in [0, 0.05) is 36.2 Å². The Bertz CT molecular complexity index is 722. The number of thioether (sulfide) groups is 1. The number of anilines is 2. The summed E-state index contributed by atoms with van der Waals surface area (Å²) in [5.74, 6) is 4.66. The van der Waals surface area contributed by atoms with Crippen molar-refractivity contribution in [3.63, 3.8) is 0 Å². The molecule has 0 aliphatic carbocycles. The van der Waals surface area contributed by atoms with Crippen molar-refractivity contribution in [3.05, 3.63) is 12.1 Å². The Balaban J connectivity index is 1.61. The van der Waals surface area contributed by atoms with E-state index < -0.39 is 0 Å². The highest BCUT2D eigenvalue weighted by Crippen LogP contribution is 2.33. The van der Waals surface area contributed by atoms with E-state index in [0.717, 1.165) is 30.4 Å². The lowest BCUT2D eigenvalue weighted by molar-refractivity contribution is 0.348. The lowest BCUT2D eigenvalue weighted by Gasteiger charge is -2.13. The summed E-state index contributed by atoms with van der Waals surface area (Å²) in [6.45, 7) is 3.21. The van der Waals surface area contributed by atoms with Gasteiger partial charge in [0.2, 0.25) is 5.95 Å². The summed E-state index contributed by atoms with van der Waals surface area (Å²) >= 11 is 2.01. The van der Waals surface area contributed by atoms with Crippen molar-refractivity contribution in [3.8, 4) is 11.5 Å². The molecule has 2 aromatic rings. The summed E-state index contributed by atoms with van der Waals surface area (Å²) in [4.78, 5) is 11.4. The summed E-state index contributed by atoms with van der Waals surface area (Å²) in [6, 6.07) is 3.63. The first-order chi connectivity index (χ1) is 12.2. The number of fused-ring (bicyclic) bond motifs is 1. The zero-order chi connectivity index (χ0) is 17.6. The lowest BCUT2D eigenvalue weighted by atomic mass is 10.2. The van der Waals surface area contributed by atoms with E-state index in [2.05, 4.69) is 20.2 Å². The molecule has 3 rings (SSSR count). The maximum absolute atomic E-state index is 6.09. The number of methoxy groups -OCH3 is 2. The minimum absolute atomic E-state index is 0.433. The fourth-order valence-corrected chi connectivity index (χ4v) is 3.88. The second kappa shape index (κ2) is 8.44. The zero-order valence-corrected chi connectivity index (χ0v) is 15.6. The maximum Gasteiger partial charge on any atom is 0.225 e. The summed E-state index contributed by atoms with van der Waals surface area (Å²) in [6.07, 6.45) is 2.25. The van der Waals surface area contributed by atoms with E-state index in [4.69, 9.17) is 15.2 Å². The molecule has 1 fully saturated rings. The average molecular weight is 363 g/mol. The van der Waals surface area contributed by atoms with E-state index in [1.807, 2.05) is 17.8 Å². The number of hydrogen-bond acceptors (Lipinski definition) is 8. The van der Waals surface area contributed by atoms with Gasteiger partial charge >= 0.3 is 0 Å². The van der Waals surface area contributed by atoms with Gasteiger partial charge in [0.1, 0.15) is 5.82 Å². The molecule has 0 atom stereocenters. The van der Waals surface area contributed by atoms with Crippen molar-refractivity contribution in [1.82, 2.24) is 14.9 Å². The van der Waals surface area contributed by atoms with Gasteiger partial charge in [-0.05, 0) is 25.5 Å². The van der Waals surface area contributed by atoms with Crippen LogP contribution in [0.4, 0.5) is 11.8 Å². The number of aromatic nitrogens is 2. The molecule has 0 bridgehead atoms. The normalized spacial score (nSPS) is 14.8. The third-order valence-electron chi connectivity index (χ3n) is 4.24. The zero-order valence-electron chi connectivity index (χ0n) is 14.7. The summed E-state index contributed by atoms with van der Waals surface area (Å²) in [5.41, 5.74) is 6.83. The molecule has 1 aliphatic rings. The van der Waals surface area contributed by atoms with Crippen molar-refractivity contribution in [2.75, 3.05) is 56.5 Å². The molecule has 7 nitrogen and oxygen atoms in total. The van der Waals surface area contributed by atoms with Crippen LogP contribution in [0.25, 0.3) is 10.9 Å². The van der Waals surface area contributed by atoms with Crippen LogP contribution in [-0.4, -0.2) is 60.4 Å². The van der Waals surface area contributed by atoms with Gasteiger partial charge in [0.25, 0.3) is 0 Å². The Kier molecular flexibility index (Phi) is 6.04. The first kappa shape index (κ1) is 17.9. The molecular weight excluding hydrogens is 338 g/mol. The third kappa shape index (κ3) is 4.38. The Hall–Kier alpha value is -1.93. The van der Waals surface area contributed by atoms with Gasteiger partial charge in [-0.2, -0.15) is 4.98 Å². The number of rotatable bonds is 8. The predicted molar refractivity (Wildman–Crippen MR) is 104 cm³/mol. The highest BCUT2D eigenvalue weighted by atomic mass is 32.2. The number of nitrogens with two attached hydrogens (primary N) is 1. The van der Waals surface area contributed by atoms with Crippen LogP contribution in [0.2, 0.25) is 0 Å². The van der Waals surface area contributed by atoms with Crippen LogP contribution in [0.15, 0.2) is 12.1 Å². The molecular formula is C17H25N5O2S. The summed E-state index contributed by atoms with van der Waals surface area (Å²) in [5, 5.41) is 4.03. The van der Waals surface area contributed by atoms with E-state index in [-0.39, 0.29) is 0 Å². The van der Waals surface area contributed by atoms with E-state index in [1.54, 1.807) is 20.3 Å². The Labute approximate surface area is 152 Å². The Morgan fingerprint density at radius 3 is 2.72 bits per heavy atom. The van der Waals surface area contributed by atoms with E-state index in [1.165, 1.54) is 24.6 Å². The summed E-state index contributed by atoms with van der Waals surface area (Å²) < 4.78 is 10.6. The molecule has 136 valence electrons. The quantitative estimate of drug-likeness (QED) is 0.692. The minimum atomic E-state index is 0.433. The molecule has 1 saturated heterocycles. The highest BCUT2D eigenvalue weighted by Gasteiger charge is 2.12. The summed E-state index contributed by atoms with van der Waals surface area (Å²) in [7, 11) is 3.20. The van der Waals surface area contributed by atoms with Crippen molar-refractivity contribution in [1.29, 1.82) is 0 Å². The maximum atomic E-state index is 6.09. The van der Waals surface area contributed by atoms with Crippen molar-refractivity contribution < 1.29 is 9.47 Å². The van der Waals surface area contributed by atoms with Crippen LogP contribution in [0, 0.1) is 0 Å². The SMILES string of the molecule is COc1cc2nc(NCCCCN3CCSC3)nc(N)c2cc1OC. The molecule has 0 amide bonds. The molecule has 0 unspecified atom stereocenters. The van der Waals surface area contributed by atoms with Gasteiger partial charge in [-0.3, -0.25) is 4.90 Å². The third-order valence-corrected chi connectivity index (χ3v) is 5.26. The van der Waals surface area contributed by atoms with Gasteiger partial charge < -0.3 is 20.5 Å². The lowest BCUT2D eigenvalue weighted by Crippen LogP contribution is -2.21. The van der Waals surface area contributed by atoms with Gasteiger partial charge in [0.15, 0.2) is 11.5 Å². The minimum Gasteiger partial charge on any atom is -0.493 e. The number of nitrogens with one attached hydrogen (secondary N) is 1. The van der Waals surface area contributed by atoms with E-state index in [9.17, 15) is 0 Å². The molecule has 8 heteroatoms. The molecule has 2 heterocycles. The van der Waals surface area contributed by atoms with Gasteiger partial charge in [-0.1, -0.05) is 0 Å². The number of nitrogen functional groups attached to an aromatic ring is 1. The molecule has 3 N–H and O–H groups in total. The van der Waals surface area contributed by atoms with Crippen LogP contribution in [-0.2, 0) is 0 Å². The van der Waals surface area contributed by atoms with Crippen LogP contribution in [0.1, 0.15) is 12.8 Å². The van der Waals surface area contributed by atoms with Crippen molar-refractivity contribution in [2.24, 2.45) is 0 Å². The van der Waals surface area contributed by atoms with Crippen LogP contribution >= 0.6 is 11.8 Å². The molecule has 1 aromatic carbocycles. The monoisotopic (exact) mass is 363 g/mol. The fourth-order valence-electron chi connectivity index (χ4n) is 2.85. The molecule has 0 radical (unpaired) electrons. The first-order valence-corrected chi connectivity index (χ1v) is 9.60. The average Bonchev–Trinajstić information content (AvgIpc) is 3.14. The number of benzene rings is 1. The van der Waals surface area contributed by atoms with Gasteiger partial charge in [0.05, 0.1) is 19.7 Å². The first-order valence-electron chi connectivity index (χ1n) is 8.44. The topological polar surface area (TPSA) is 85.5 Å². The standard InChI is InChI=1S/C17H25N5O2S/c1-23-14-9-12-13(10-15(14)24-2)20-17(21-16(12)18)19-5-3-4-6-22-7-8-25-11-22/h9-10H,3-8,11H2,1-2H3,(H3,18,19,20,21). The predicted octanol–water partition coefficient (Wildman–Crippen LogP) is 2.43. The molecule has 0 saturated carbocycles. The van der Waals surface area contributed by atoms with Gasteiger partial charge in [-0.15, -0.1) is 11.8 Å². The largest absolute Gasteiger partial charge is 0.493 e. The molecule has 0 spiro atoms. The van der Waals surface area contributed by atoms with Crippen molar-refractivity contribution in [2.45, 2.75) is 12.8 Å². The van der Waals surface area contributed by atoms with Crippen molar-refractivity contribution >= 4 is 34.4 Å². The number of unbranched alkanes of at least 4 members (excludes halogenated alkanes) is 1. The van der Waals surface area contributed by atoms with E-state index >= 15 is 0 Å². The highest BCUT2D eigenvalue weighted by molar-refractivity contribution is 7.99. The number of hydrogen-bond donors (Lipinski definition) is 2. The van der Waals surface area contributed by atoms with Crippen LogP contribution in [0.3, 0.4) is 0 Å². The van der Waals surface area contributed by atoms with Gasteiger partial charge in [-0.25, -0.2) is 4.98 Å². The second-order valence-electron chi connectivity index (χ2n) is 5.95. The number of nitrogens with zero attached hydrogens (tertiary/aromatic N) is 3. The molecule has 1 aliphatic heterocycles. The molecule has 25 heavy (non-hydrogen) atoms.